The van der Waals surface area contributed by atoms with Crippen molar-refractivity contribution in [3.8, 4) is 11.5 Å². The number of hydrogen-bond donors (Lipinski definition) is 3. The monoisotopic (exact) mass is 444 g/mol. The number of aryl methyl sites for hydroxylation is 1. The molecule has 0 aliphatic heterocycles. The maximum Gasteiger partial charge on any atom is 0.191 e. The standard InChI is InChI=1S/C22H32N6O2S/c1-6-23-21(25-13-16-14-31-22(27-16)28(2)3)24-9-7-8-15-10-18-19(26-15)11-17(29-4)12-20(18)30-5/h10-12,14,26H,6-9,13H2,1-5H3,(H2,23,24,25). The lowest BCUT2D eigenvalue weighted by atomic mass is 10.2. The lowest BCUT2D eigenvalue weighted by molar-refractivity contribution is 0.398. The van der Waals surface area contributed by atoms with Gasteiger partial charge in [-0.05, 0) is 25.8 Å². The molecule has 0 atom stereocenters. The summed E-state index contributed by atoms with van der Waals surface area (Å²) in [4.78, 5) is 14.7. The molecule has 0 fully saturated rings. The van der Waals surface area contributed by atoms with E-state index in [0.717, 1.165) is 65.1 Å². The molecule has 0 saturated heterocycles. The van der Waals surface area contributed by atoms with Crippen molar-refractivity contribution in [1.29, 1.82) is 0 Å². The molecule has 3 aromatic rings. The van der Waals surface area contributed by atoms with Crippen LogP contribution in [0.2, 0.25) is 0 Å². The molecule has 168 valence electrons. The van der Waals surface area contributed by atoms with Gasteiger partial charge in [-0.15, -0.1) is 11.3 Å². The van der Waals surface area contributed by atoms with Gasteiger partial charge in [-0.3, -0.25) is 0 Å². The molecule has 0 bridgehead atoms. The van der Waals surface area contributed by atoms with Gasteiger partial charge in [0.15, 0.2) is 11.1 Å². The van der Waals surface area contributed by atoms with Crippen LogP contribution < -0.4 is 25.0 Å². The molecule has 0 unspecified atom stereocenters. The van der Waals surface area contributed by atoms with E-state index in [-0.39, 0.29) is 0 Å². The molecule has 9 heteroatoms. The predicted octanol–water partition coefficient (Wildman–Crippen LogP) is 3.40. The first-order chi connectivity index (χ1) is 15.0. The van der Waals surface area contributed by atoms with Gasteiger partial charge in [0.1, 0.15) is 11.5 Å². The average molecular weight is 445 g/mol. The van der Waals surface area contributed by atoms with Gasteiger partial charge >= 0.3 is 0 Å². The van der Waals surface area contributed by atoms with Crippen LogP contribution in [0.15, 0.2) is 28.6 Å². The summed E-state index contributed by atoms with van der Waals surface area (Å²) in [6.45, 7) is 4.26. The van der Waals surface area contributed by atoms with Gasteiger partial charge in [0.25, 0.3) is 0 Å². The molecule has 0 saturated carbocycles. The summed E-state index contributed by atoms with van der Waals surface area (Å²) in [6.07, 6.45) is 1.89. The summed E-state index contributed by atoms with van der Waals surface area (Å²) in [6, 6.07) is 6.05. The first-order valence-electron chi connectivity index (χ1n) is 10.4. The number of fused-ring (bicyclic) bond motifs is 1. The van der Waals surface area contributed by atoms with E-state index in [4.69, 9.17) is 9.47 Å². The van der Waals surface area contributed by atoms with Crippen molar-refractivity contribution < 1.29 is 9.47 Å². The van der Waals surface area contributed by atoms with E-state index in [1.807, 2.05) is 31.1 Å². The fraction of sp³-hybridized carbons (Fsp3) is 0.455. The van der Waals surface area contributed by atoms with Gasteiger partial charge in [-0.1, -0.05) is 0 Å². The molecule has 8 nitrogen and oxygen atoms in total. The second kappa shape index (κ2) is 10.9. The molecule has 0 radical (unpaired) electrons. The lowest BCUT2D eigenvalue weighted by Crippen LogP contribution is -2.37. The molecule has 2 aromatic heterocycles. The van der Waals surface area contributed by atoms with E-state index in [0.29, 0.717) is 6.54 Å². The highest BCUT2D eigenvalue weighted by molar-refractivity contribution is 7.13. The number of hydrogen-bond acceptors (Lipinski definition) is 6. The predicted molar refractivity (Wildman–Crippen MR) is 129 cm³/mol. The molecular formula is C22H32N6O2S. The molecule has 1 aromatic carbocycles. The minimum atomic E-state index is 0.559. The maximum absolute atomic E-state index is 5.50. The fourth-order valence-electron chi connectivity index (χ4n) is 3.22. The third-order valence-electron chi connectivity index (χ3n) is 4.77. The van der Waals surface area contributed by atoms with E-state index >= 15 is 0 Å². The summed E-state index contributed by atoms with van der Waals surface area (Å²) in [5, 5.41) is 10.8. The third-order valence-corrected chi connectivity index (χ3v) is 5.82. The molecule has 0 aliphatic carbocycles. The van der Waals surface area contributed by atoms with Gasteiger partial charge in [-0.25, -0.2) is 9.98 Å². The zero-order valence-electron chi connectivity index (χ0n) is 18.9. The summed E-state index contributed by atoms with van der Waals surface area (Å²) in [5.41, 5.74) is 3.17. The van der Waals surface area contributed by atoms with Crippen molar-refractivity contribution in [2.45, 2.75) is 26.3 Å². The van der Waals surface area contributed by atoms with Crippen LogP contribution in [-0.2, 0) is 13.0 Å². The minimum absolute atomic E-state index is 0.559. The van der Waals surface area contributed by atoms with Gasteiger partial charge in [0.2, 0.25) is 0 Å². The number of anilines is 1. The van der Waals surface area contributed by atoms with Crippen molar-refractivity contribution in [1.82, 2.24) is 20.6 Å². The number of benzene rings is 1. The van der Waals surface area contributed by atoms with E-state index in [1.54, 1.807) is 25.6 Å². The van der Waals surface area contributed by atoms with E-state index in [2.05, 4.69) is 44.0 Å². The second-order valence-corrected chi connectivity index (χ2v) is 8.16. The molecule has 31 heavy (non-hydrogen) atoms. The Balaban J connectivity index is 1.54. The van der Waals surface area contributed by atoms with Gasteiger partial charge in [0.05, 0.1) is 32.0 Å². The Bertz CT molecular complexity index is 1010. The Morgan fingerprint density at radius 3 is 2.71 bits per heavy atom. The largest absolute Gasteiger partial charge is 0.497 e. The highest BCUT2D eigenvalue weighted by Gasteiger charge is 2.09. The van der Waals surface area contributed by atoms with Crippen LogP contribution in [0.1, 0.15) is 24.7 Å². The van der Waals surface area contributed by atoms with Crippen LogP contribution >= 0.6 is 11.3 Å². The number of thiazole rings is 1. The van der Waals surface area contributed by atoms with Crippen molar-refractivity contribution in [3.63, 3.8) is 0 Å². The van der Waals surface area contributed by atoms with Crippen LogP contribution in [0.25, 0.3) is 10.9 Å². The van der Waals surface area contributed by atoms with Gasteiger partial charge < -0.3 is 30.0 Å². The quantitative estimate of drug-likeness (QED) is 0.252. The number of rotatable bonds is 10. The van der Waals surface area contributed by atoms with E-state index < -0.39 is 0 Å². The Hall–Kier alpha value is -2.94. The number of nitrogens with one attached hydrogen (secondary N) is 3. The zero-order valence-corrected chi connectivity index (χ0v) is 19.7. The number of aliphatic imine (C=N–C) groups is 1. The number of guanidine groups is 1. The number of methoxy groups -OCH3 is 2. The molecule has 2 heterocycles. The van der Waals surface area contributed by atoms with E-state index in [9.17, 15) is 0 Å². The molecule has 0 amide bonds. The summed E-state index contributed by atoms with van der Waals surface area (Å²) >= 11 is 1.63. The Kier molecular flexibility index (Phi) is 8.00. The first-order valence-corrected chi connectivity index (χ1v) is 11.3. The molecular weight excluding hydrogens is 412 g/mol. The van der Waals surface area contributed by atoms with Crippen LogP contribution in [-0.4, -0.2) is 57.3 Å². The summed E-state index contributed by atoms with van der Waals surface area (Å²) in [5.74, 6) is 2.41. The first kappa shape index (κ1) is 22.7. The molecule has 0 spiro atoms. The summed E-state index contributed by atoms with van der Waals surface area (Å²) in [7, 11) is 7.34. The summed E-state index contributed by atoms with van der Waals surface area (Å²) < 4.78 is 10.9. The topological polar surface area (TPSA) is 86.8 Å². The molecule has 3 N–H and O–H groups in total. The third kappa shape index (κ3) is 6.04. The normalized spacial score (nSPS) is 11.6. The Morgan fingerprint density at radius 2 is 2.03 bits per heavy atom. The smallest absolute Gasteiger partial charge is 0.191 e. The van der Waals surface area contributed by atoms with Crippen molar-refractivity contribution in [3.05, 3.63) is 35.0 Å². The van der Waals surface area contributed by atoms with Gasteiger partial charge in [0, 0.05) is 55.8 Å². The van der Waals surface area contributed by atoms with Crippen molar-refractivity contribution >= 4 is 33.3 Å². The lowest BCUT2D eigenvalue weighted by Gasteiger charge is -2.10. The Morgan fingerprint density at radius 1 is 1.19 bits per heavy atom. The minimum Gasteiger partial charge on any atom is -0.497 e. The number of aromatic nitrogens is 2. The Labute approximate surface area is 187 Å². The van der Waals surface area contributed by atoms with Crippen LogP contribution in [0.5, 0.6) is 11.5 Å². The van der Waals surface area contributed by atoms with Crippen molar-refractivity contribution in [2.24, 2.45) is 4.99 Å². The number of H-pyrrole nitrogens is 1. The average Bonchev–Trinajstić information content (AvgIpc) is 3.41. The van der Waals surface area contributed by atoms with Crippen LogP contribution in [0.3, 0.4) is 0 Å². The maximum atomic E-state index is 5.50. The highest BCUT2D eigenvalue weighted by Crippen LogP contribution is 2.31. The number of ether oxygens (including phenoxy) is 2. The van der Waals surface area contributed by atoms with E-state index in [1.165, 1.54) is 5.69 Å². The zero-order chi connectivity index (χ0) is 22.2. The second-order valence-electron chi connectivity index (χ2n) is 7.33. The van der Waals surface area contributed by atoms with Crippen LogP contribution in [0, 0.1) is 0 Å². The van der Waals surface area contributed by atoms with Crippen LogP contribution in [0.4, 0.5) is 5.13 Å². The highest BCUT2D eigenvalue weighted by atomic mass is 32.1. The van der Waals surface area contributed by atoms with Gasteiger partial charge in [-0.2, -0.15) is 0 Å². The number of aromatic amines is 1. The number of nitrogens with zero attached hydrogens (tertiary/aromatic N) is 3. The SMILES string of the molecule is CCNC(=NCc1csc(N(C)C)n1)NCCCc1cc2c(OC)cc(OC)cc2[nH]1. The van der Waals surface area contributed by atoms with Crippen molar-refractivity contribution in [2.75, 3.05) is 46.3 Å². The molecule has 3 rings (SSSR count). The fourth-order valence-corrected chi connectivity index (χ4v) is 3.97. The molecule has 0 aliphatic rings.